The molecule has 17 heavy (non-hydrogen) atoms. The lowest BCUT2D eigenvalue weighted by Gasteiger charge is -2.19. The van der Waals surface area contributed by atoms with Crippen LogP contribution in [0.5, 0.6) is 5.75 Å². The van der Waals surface area contributed by atoms with Crippen LogP contribution >= 0.6 is 0 Å². The van der Waals surface area contributed by atoms with Crippen molar-refractivity contribution in [1.29, 1.82) is 0 Å². The van der Waals surface area contributed by atoms with Crippen molar-refractivity contribution in [3.8, 4) is 5.75 Å². The van der Waals surface area contributed by atoms with E-state index in [4.69, 9.17) is 10.5 Å². The molecule has 0 aliphatic rings. The van der Waals surface area contributed by atoms with Gasteiger partial charge in [0.1, 0.15) is 0 Å². The average Bonchev–Trinajstić information content (AvgIpc) is 2.28. The lowest BCUT2D eigenvalue weighted by Crippen LogP contribution is -2.39. The highest BCUT2D eigenvalue weighted by atomic mass is 19.1. The smallest absolute Gasteiger partial charge is 0.239 e. The topological polar surface area (TPSA) is 55.6 Å². The molecular formula is C12H17FN2O2. The highest BCUT2D eigenvalue weighted by molar-refractivity contribution is 5.80. The maximum absolute atomic E-state index is 13.4. The summed E-state index contributed by atoms with van der Waals surface area (Å²) in [5.74, 6) is -0.428. The van der Waals surface area contributed by atoms with Gasteiger partial charge in [0.15, 0.2) is 11.6 Å². The first kappa shape index (κ1) is 13.4. The largest absolute Gasteiger partial charge is 0.494 e. The van der Waals surface area contributed by atoms with Crippen LogP contribution in [0.25, 0.3) is 0 Å². The van der Waals surface area contributed by atoms with Gasteiger partial charge in [0.05, 0.1) is 13.2 Å². The number of amides is 1. The van der Waals surface area contributed by atoms with Crippen LogP contribution in [0, 0.1) is 5.82 Å². The molecule has 1 aromatic rings. The minimum absolute atomic E-state index is 0.179. The zero-order valence-corrected chi connectivity index (χ0v) is 10.2. The number of hydrogen-bond donors (Lipinski definition) is 1. The molecule has 1 aromatic carbocycles. The molecule has 0 bridgehead atoms. The molecule has 94 valence electrons. The molecule has 0 aromatic heterocycles. The fraction of sp³-hybridized carbons (Fsp3) is 0.417. The summed E-state index contributed by atoms with van der Waals surface area (Å²) in [5.41, 5.74) is 6.18. The second-order valence-electron chi connectivity index (χ2n) is 3.95. The Morgan fingerprint density at radius 1 is 1.59 bits per heavy atom. The number of nitrogens with zero attached hydrogens (tertiary/aromatic N) is 1. The Kier molecular flexibility index (Phi) is 4.45. The van der Waals surface area contributed by atoms with E-state index in [0.29, 0.717) is 12.1 Å². The Balaban J connectivity index is 2.75. The van der Waals surface area contributed by atoms with Crippen molar-refractivity contribution in [2.24, 2.45) is 5.73 Å². The Hall–Kier alpha value is -1.62. The first-order valence-corrected chi connectivity index (χ1v) is 5.28. The molecule has 1 atom stereocenters. The molecule has 2 N–H and O–H groups in total. The molecule has 0 aliphatic carbocycles. The van der Waals surface area contributed by atoms with Crippen molar-refractivity contribution in [2.45, 2.75) is 19.5 Å². The molecule has 0 saturated carbocycles. The van der Waals surface area contributed by atoms with Gasteiger partial charge < -0.3 is 15.4 Å². The summed E-state index contributed by atoms with van der Waals surface area (Å²) in [4.78, 5) is 13.0. The van der Waals surface area contributed by atoms with Gasteiger partial charge >= 0.3 is 0 Å². The Labute approximate surface area is 100 Å². The number of nitrogens with two attached hydrogens (primary N) is 1. The van der Waals surface area contributed by atoms with E-state index in [1.54, 1.807) is 20.0 Å². The molecule has 0 spiro atoms. The Morgan fingerprint density at radius 3 is 2.71 bits per heavy atom. The summed E-state index contributed by atoms with van der Waals surface area (Å²) in [7, 11) is 3.04. The standard InChI is InChI=1S/C12H17FN2O2/c1-8(14)12(16)15(2)7-9-4-5-11(17-3)10(13)6-9/h4-6,8H,7,14H2,1-3H3/t8-/m1/s1. The molecule has 5 heteroatoms. The lowest BCUT2D eigenvalue weighted by atomic mass is 10.2. The molecule has 4 nitrogen and oxygen atoms in total. The van der Waals surface area contributed by atoms with Crippen LogP contribution in [0.4, 0.5) is 4.39 Å². The van der Waals surface area contributed by atoms with Crippen LogP contribution in [0.2, 0.25) is 0 Å². The van der Waals surface area contributed by atoms with Crippen LogP contribution < -0.4 is 10.5 Å². The predicted molar refractivity (Wildman–Crippen MR) is 63.1 cm³/mol. The van der Waals surface area contributed by atoms with E-state index in [1.807, 2.05) is 0 Å². The number of benzene rings is 1. The van der Waals surface area contributed by atoms with Crippen molar-refractivity contribution >= 4 is 5.91 Å². The quantitative estimate of drug-likeness (QED) is 0.858. The first-order chi connectivity index (χ1) is 7.95. The minimum atomic E-state index is -0.553. The normalized spacial score (nSPS) is 12.1. The molecule has 0 fully saturated rings. The van der Waals surface area contributed by atoms with Gasteiger partial charge in [0.25, 0.3) is 0 Å². The van der Waals surface area contributed by atoms with Crippen LogP contribution in [-0.4, -0.2) is 31.0 Å². The highest BCUT2D eigenvalue weighted by Gasteiger charge is 2.14. The predicted octanol–water partition coefficient (Wildman–Crippen LogP) is 1.14. The third-order valence-electron chi connectivity index (χ3n) is 2.40. The number of rotatable bonds is 4. The molecule has 1 rings (SSSR count). The summed E-state index contributed by atoms with van der Waals surface area (Å²) in [6.45, 7) is 1.94. The van der Waals surface area contributed by atoms with Gasteiger partial charge in [0, 0.05) is 13.6 Å². The molecule has 0 saturated heterocycles. The highest BCUT2D eigenvalue weighted by Crippen LogP contribution is 2.18. The zero-order valence-electron chi connectivity index (χ0n) is 10.2. The Morgan fingerprint density at radius 2 is 2.24 bits per heavy atom. The third kappa shape index (κ3) is 3.42. The summed E-state index contributed by atoms with van der Waals surface area (Å²) in [5, 5.41) is 0. The summed E-state index contributed by atoms with van der Waals surface area (Å²) >= 11 is 0. The van der Waals surface area contributed by atoms with E-state index >= 15 is 0 Å². The summed E-state index contributed by atoms with van der Waals surface area (Å²) < 4.78 is 18.2. The molecule has 0 unspecified atom stereocenters. The molecule has 0 radical (unpaired) electrons. The van der Waals surface area contributed by atoms with E-state index < -0.39 is 11.9 Å². The fourth-order valence-electron chi connectivity index (χ4n) is 1.51. The number of halogens is 1. The van der Waals surface area contributed by atoms with E-state index in [2.05, 4.69) is 0 Å². The summed E-state index contributed by atoms with van der Waals surface area (Å²) in [6, 6.07) is 4.05. The van der Waals surface area contributed by atoms with Gasteiger partial charge in [0.2, 0.25) is 5.91 Å². The second kappa shape index (κ2) is 5.63. The van der Waals surface area contributed by atoms with Gasteiger partial charge in [-0.05, 0) is 24.6 Å². The van der Waals surface area contributed by atoms with Gasteiger partial charge in [-0.1, -0.05) is 6.07 Å². The van der Waals surface area contributed by atoms with E-state index in [9.17, 15) is 9.18 Å². The SMILES string of the molecule is COc1ccc(CN(C)C(=O)[C@@H](C)N)cc1F. The van der Waals surface area contributed by atoms with Gasteiger partial charge in [-0.3, -0.25) is 4.79 Å². The van der Waals surface area contributed by atoms with Crippen LogP contribution in [0.15, 0.2) is 18.2 Å². The fourth-order valence-corrected chi connectivity index (χ4v) is 1.51. The molecule has 0 heterocycles. The third-order valence-corrected chi connectivity index (χ3v) is 2.40. The van der Waals surface area contributed by atoms with Crippen molar-refractivity contribution in [3.05, 3.63) is 29.6 Å². The molecule has 1 amide bonds. The number of methoxy groups -OCH3 is 1. The minimum Gasteiger partial charge on any atom is -0.494 e. The first-order valence-electron chi connectivity index (χ1n) is 5.28. The van der Waals surface area contributed by atoms with Crippen LogP contribution in [0.1, 0.15) is 12.5 Å². The number of likely N-dealkylation sites (N-methyl/N-ethyl adjacent to an activating group) is 1. The summed E-state index contributed by atoms with van der Waals surface area (Å²) in [6.07, 6.45) is 0. The van der Waals surface area contributed by atoms with Crippen LogP contribution in [0.3, 0.4) is 0 Å². The van der Waals surface area contributed by atoms with Gasteiger partial charge in [-0.25, -0.2) is 4.39 Å². The Bertz CT molecular complexity index is 407. The van der Waals surface area contributed by atoms with E-state index in [1.165, 1.54) is 24.1 Å². The van der Waals surface area contributed by atoms with Gasteiger partial charge in [-0.15, -0.1) is 0 Å². The maximum atomic E-state index is 13.4. The second-order valence-corrected chi connectivity index (χ2v) is 3.95. The number of carbonyl (C=O) groups excluding carboxylic acids is 1. The van der Waals surface area contributed by atoms with Gasteiger partial charge in [-0.2, -0.15) is 0 Å². The van der Waals surface area contributed by atoms with E-state index in [-0.39, 0.29) is 11.7 Å². The van der Waals surface area contributed by atoms with Crippen molar-refractivity contribution < 1.29 is 13.9 Å². The van der Waals surface area contributed by atoms with Crippen molar-refractivity contribution in [3.63, 3.8) is 0 Å². The van der Waals surface area contributed by atoms with Crippen molar-refractivity contribution in [1.82, 2.24) is 4.90 Å². The number of carbonyl (C=O) groups is 1. The maximum Gasteiger partial charge on any atom is 0.239 e. The monoisotopic (exact) mass is 240 g/mol. The number of hydrogen-bond acceptors (Lipinski definition) is 3. The number of ether oxygens (including phenoxy) is 1. The van der Waals surface area contributed by atoms with Crippen LogP contribution in [-0.2, 0) is 11.3 Å². The lowest BCUT2D eigenvalue weighted by molar-refractivity contribution is -0.131. The van der Waals surface area contributed by atoms with Crippen molar-refractivity contribution in [2.75, 3.05) is 14.2 Å². The average molecular weight is 240 g/mol. The molecular weight excluding hydrogens is 223 g/mol. The zero-order chi connectivity index (χ0) is 13.0. The molecule has 0 aliphatic heterocycles. The van der Waals surface area contributed by atoms with E-state index in [0.717, 1.165) is 0 Å².